The summed E-state index contributed by atoms with van der Waals surface area (Å²) in [5.41, 5.74) is 0. The number of quaternary nitrogens is 2. The van der Waals surface area contributed by atoms with E-state index in [2.05, 4.69) is 13.8 Å². The number of aliphatic hydroxyl groups excluding tert-OH is 2. The quantitative estimate of drug-likeness (QED) is 0.0446. The third-order valence-electron chi connectivity index (χ3n) is 8.99. The predicted molar refractivity (Wildman–Crippen MR) is 182 cm³/mol. The highest BCUT2D eigenvalue weighted by atomic mass is 16.5. The number of unbranched alkanes of at least 4 members (excludes halogenated alkanes) is 21. The lowest BCUT2D eigenvalue weighted by atomic mass is 10.0. The molecule has 0 aliphatic carbocycles. The van der Waals surface area contributed by atoms with Crippen molar-refractivity contribution in [1.29, 1.82) is 0 Å². The fourth-order valence-electron chi connectivity index (χ4n) is 6.24. The monoisotopic (exact) mass is 601 g/mol. The summed E-state index contributed by atoms with van der Waals surface area (Å²) in [6.07, 6.45) is 29.6. The number of aliphatic hydroxyl groups is 2. The Kier molecular flexibility index (Phi) is 28.1. The number of nitrogens with zero attached hydrogens (tertiary/aromatic N) is 2. The first-order valence-electron chi connectivity index (χ1n) is 18.6. The second-order valence-electron chi connectivity index (χ2n) is 14.1. The Labute approximate surface area is 263 Å². The van der Waals surface area contributed by atoms with Gasteiger partial charge in [0.25, 0.3) is 0 Å². The van der Waals surface area contributed by atoms with E-state index in [1.54, 1.807) is 14.1 Å². The Balaban J connectivity index is 3.73. The molecule has 6 nitrogen and oxygen atoms in total. The molecule has 0 bridgehead atoms. The molecule has 0 aliphatic rings. The van der Waals surface area contributed by atoms with Gasteiger partial charge in [0.1, 0.15) is 25.3 Å². The third kappa shape index (κ3) is 29.8. The van der Waals surface area contributed by atoms with Crippen LogP contribution in [0.3, 0.4) is 0 Å². The molecule has 0 aliphatic heterocycles. The summed E-state index contributed by atoms with van der Waals surface area (Å²) in [6.45, 7) is 6.12. The molecule has 254 valence electrons. The lowest BCUT2D eigenvalue weighted by Crippen LogP contribution is -2.44. The van der Waals surface area contributed by atoms with Crippen LogP contribution in [0.25, 0.3) is 0 Å². The molecule has 4 atom stereocenters. The van der Waals surface area contributed by atoms with Gasteiger partial charge in [0, 0.05) is 0 Å². The molecule has 0 fully saturated rings. The lowest BCUT2D eigenvalue weighted by molar-refractivity contribution is -0.865. The van der Waals surface area contributed by atoms with Crippen molar-refractivity contribution in [2.24, 2.45) is 0 Å². The Hall–Kier alpha value is -0.240. The second kappa shape index (κ2) is 28.2. The molecule has 0 heterocycles. The van der Waals surface area contributed by atoms with Gasteiger partial charge in [-0.1, -0.05) is 142 Å². The van der Waals surface area contributed by atoms with E-state index in [-0.39, 0.29) is 22.4 Å². The van der Waals surface area contributed by atoms with Gasteiger partial charge in [0.2, 0.25) is 0 Å². The molecule has 0 radical (unpaired) electrons. The highest BCUT2D eigenvalue weighted by molar-refractivity contribution is 4.59. The highest BCUT2D eigenvalue weighted by Crippen LogP contribution is 2.16. The SMILES string of the molecule is CCCCCCCCCCCCC(O)C[N+](C)([O-])CCCCCC[N+](C)([O-])CC(O)CCCCCCCCCCCC. The van der Waals surface area contributed by atoms with Crippen molar-refractivity contribution >= 4 is 0 Å². The van der Waals surface area contributed by atoms with Gasteiger partial charge < -0.3 is 29.9 Å². The van der Waals surface area contributed by atoms with Crippen LogP contribution in [-0.4, -0.2) is 72.0 Å². The minimum absolute atomic E-state index is 0.282. The fourth-order valence-corrected chi connectivity index (χ4v) is 6.24. The van der Waals surface area contributed by atoms with Crippen LogP contribution in [0.4, 0.5) is 0 Å². The van der Waals surface area contributed by atoms with Gasteiger partial charge in [0.15, 0.2) is 0 Å². The maximum atomic E-state index is 12.8. The molecule has 6 heteroatoms. The van der Waals surface area contributed by atoms with Crippen molar-refractivity contribution in [2.75, 3.05) is 40.3 Å². The smallest absolute Gasteiger partial charge is 0.104 e. The van der Waals surface area contributed by atoms with Crippen molar-refractivity contribution in [3.63, 3.8) is 0 Å². The fraction of sp³-hybridized carbons (Fsp3) is 1.00. The average molecular weight is 601 g/mol. The van der Waals surface area contributed by atoms with E-state index in [4.69, 9.17) is 0 Å². The van der Waals surface area contributed by atoms with Gasteiger partial charge in [-0.05, 0) is 38.5 Å². The van der Waals surface area contributed by atoms with Gasteiger partial charge in [0.05, 0.1) is 27.2 Å². The first-order valence-corrected chi connectivity index (χ1v) is 18.6. The zero-order chi connectivity index (χ0) is 31.4. The summed E-state index contributed by atoms with van der Waals surface area (Å²) in [5, 5.41) is 46.4. The number of hydrogen-bond donors (Lipinski definition) is 2. The molecule has 0 aromatic heterocycles. The van der Waals surface area contributed by atoms with Crippen LogP contribution in [-0.2, 0) is 0 Å². The Morgan fingerprint density at radius 2 is 0.643 bits per heavy atom. The van der Waals surface area contributed by atoms with Crippen LogP contribution in [0, 0.1) is 10.4 Å². The van der Waals surface area contributed by atoms with E-state index in [0.29, 0.717) is 13.1 Å². The topological polar surface area (TPSA) is 86.6 Å². The van der Waals surface area contributed by atoms with Gasteiger partial charge in [-0.3, -0.25) is 0 Å². The van der Waals surface area contributed by atoms with Gasteiger partial charge in [-0.25, -0.2) is 0 Å². The molecular weight excluding hydrogens is 524 g/mol. The maximum Gasteiger partial charge on any atom is 0.104 e. The zero-order valence-electron chi connectivity index (χ0n) is 29.0. The van der Waals surface area contributed by atoms with E-state index >= 15 is 0 Å². The Morgan fingerprint density at radius 1 is 0.405 bits per heavy atom. The minimum atomic E-state index is -0.508. The van der Waals surface area contributed by atoms with Crippen LogP contribution in [0.1, 0.15) is 181 Å². The standard InChI is InChI=1S/C36H76N2O4/c1-5-7-9-11-13-15-17-19-21-25-29-35(39)33-37(3,41)31-27-23-24-28-32-38(4,42)34-36(40)30-26-22-20-18-16-14-12-10-8-6-2/h35-36,39-40H,5-34H2,1-4H3. The number of hydroxylamine groups is 6. The summed E-state index contributed by atoms with van der Waals surface area (Å²) in [5.74, 6) is 0. The van der Waals surface area contributed by atoms with Crippen molar-refractivity contribution in [2.45, 2.75) is 193 Å². The average Bonchev–Trinajstić information content (AvgIpc) is 2.92. The molecule has 4 unspecified atom stereocenters. The molecule has 0 saturated carbocycles. The molecular formula is C36H76N2O4. The number of rotatable bonds is 33. The van der Waals surface area contributed by atoms with Crippen molar-refractivity contribution in [1.82, 2.24) is 0 Å². The summed E-state index contributed by atoms with van der Waals surface area (Å²) < 4.78 is -0.751. The first kappa shape index (κ1) is 41.8. The molecule has 0 spiro atoms. The van der Waals surface area contributed by atoms with Crippen LogP contribution in [0.5, 0.6) is 0 Å². The summed E-state index contributed by atoms with van der Waals surface area (Å²) in [6, 6.07) is 0. The Bertz CT molecular complexity index is 511. The van der Waals surface area contributed by atoms with Gasteiger partial charge in [-0.2, -0.15) is 0 Å². The third-order valence-corrected chi connectivity index (χ3v) is 8.99. The zero-order valence-corrected chi connectivity index (χ0v) is 29.0. The molecule has 0 aromatic carbocycles. The van der Waals surface area contributed by atoms with E-state index in [1.807, 2.05) is 0 Å². The molecule has 0 rings (SSSR count). The van der Waals surface area contributed by atoms with Crippen LogP contribution >= 0.6 is 0 Å². The highest BCUT2D eigenvalue weighted by Gasteiger charge is 2.18. The number of likely N-dealkylation sites (N-methyl/N-ethyl adjacent to an activating group) is 2. The summed E-state index contributed by atoms with van der Waals surface area (Å²) in [7, 11) is 3.37. The normalized spacial score (nSPS) is 16.3. The van der Waals surface area contributed by atoms with E-state index < -0.39 is 12.2 Å². The van der Waals surface area contributed by atoms with E-state index in [0.717, 1.165) is 64.2 Å². The van der Waals surface area contributed by atoms with Gasteiger partial charge in [-0.15, -0.1) is 0 Å². The molecule has 0 aromatic rings. The second-order valence-corrected chi connectivity index (χ2v) is 14.1. The first-order chi connectivity index (χ1) is 20.1. The van der Waals surface area contributed by atoms with E-state index in [1.165, 1.54) is 103 Å². The Morgan fingerprint density at radius 3 is 0.929 bits per heavy atom. The minimum Gasteiger partial charge on any atom is -0.633 e. The van der Waals surface area contributed by atoms with Crippen LogP contribution < -0.4 is 0 Å². The molecule has 2 N–H and O–H groups in total. The van der Waals surface area contributed by atoms with Gasteiger partial charge >= 0.3 is 0 Å². The maximum absolute atomic E-state index is 12.8. The number of hydrogen-bond acceptors (Lipinski definition) is 4. The van der Waals surface area contributed by atoms with Crippen LogP contribution in [0.15, 0.2) is 0 Å². The van der Waals surface area contributed by atoms with Crippen molar-refractivity contribution in [3.8, 4) is 0 Å². The predicted octanol–water partition coefficient (Wildman–Crippen LogP) is 9.78. The largest absolute Gasteiger partial charge is 0.633 e. The molecule has 0 saturated heterocycles. The molecule has 42 heavy (non-hydrogen) atoms. The van der Waals surface area contributed by atoms with Crippen molar-refractivity contribution < 1.29 is 19.5 Å². The molecule has 0 amide bonds. The summed E-state index contributed by atoms with van der Waals surface area (Å²) in [4.78, 5) is 0. The summed E-state index contributed by atoms with van der Waals surface area (Å²) >= 11 is 0. The van der Waals surface area contributed by atoms with Crippen molar-refractivity contribution in [3.05, 3.63) is 10.4 Å². The lowest BCUT2D eigenvalue weighted by Gasteiger charge is -2.41. The van der Waals surface area contributed by atoms with Crippen LogP contribution in [0.2, 0.25) is 0 Å². The van der Waals surface area contributed by atoms with E-state index in [9.17, 15) is 20.6 Å².